The Morgan fingerprint density at radius 3 is 2.81 bits per heavy atom. The van der Waals surface area contributed by atoms with Crippen molar-refractivity contribution < 1.29 is 13.5 Å². The van der Waals surface area contributed by atoms with Gasteiger partial charge >= 0.3 is 6.61 Å². The number of halogens is 3. The van der Waals surface area contributed by atoms with E-state index in [1.54, 1.807) is 30.5 Å². The molecule has 144 valence electrons. The maximum atomic E-state index is 12.3. The molecular weight excluding hydrogens is 473 g/mol. The molecule has 9 heteroatoms. The van der Waals surface area contributed by atoms with Crippen molar-refractivity contribution in [3.63, 3.8) is 0 Å². The molecule has 0 aliphatic carbocycles. The van der Waals surface area contributed by atoms with Gasteiger partial charge in [-0.05, 0) is 24.1 Å². The molecule has 0 amide bonds. The highest BCUT2D eigenvalue weighted by Gasteiger charge is 2.06. The molecule has 0 atom stereocenters. The molecule has 0 spiro atoms. The number of nitrogens with zero attached hydrogens (tertiary/aromatic N) is 2. The summed E-state index contributed by atoms with van der Waals surface area (Å²) in [5, 5.41) is 7.46. The first-order chi connectivity index (χ1) is 12.1. The lowest BCUT2D eigenvalue weighted by molar-refractivity contribution is -0.0498. The van der Waals surface area contributed by atoms with Gasteiger partial charge in [-0.1, -0.05) is 19.1 Å². The number of ether oxygens (including phenoxy) is 1. The summed E-state index contributed by atoms with van der Waals surface area (Å²) in [6, 6.07) is 6.59. The predicted molar refractivity (Wildman–Crippen MR) is 112 cm³/mol. The minimum atomic E-state index is -2.82. The Balaban J connectivity index is 0.00000338. The summed E-state index contributed by atoms with van der Waals surface area (Å²) in [6.07, 6.45) is 3.74. The topological polar surface area (TPSA) is 58.5 Å². The van der Waals surface area contributed by atoms with Crippen molar-refractivity contribution in [2.75, 3.05) is 13.6 Å². The van der Waals surface area contributed by atoms with Crippen LogP contribution < -0.4 is 15.4 Å². The van der Waals surface area contributed by atoms with E-state index in [9.17, 15) is 8.78 Å². The molecule has 0 aliphatic rings. The van der Waals surface area contributed by atoms with Gasteiger partial charge in [-0.25, -0.2) is 4.98 Å². The van der Waals surface area contributed by atoms with Crippen LogP contribution in [0.5, 0.6) is 5.75 Å². The first-order valence-electron chi connectivity index (χ1n) is 8.02. The van der Waals surface area contributed by atoms with Crippen molar-refractivity contribution in [2.24, 2.45) is 4.99 Å². The summed E-state index contributed by atoms with van der Waals surface area (Å²) in [7, 11) is 1.68. The Labute approximate surface area is 173 Å². The Hall–Kier alpha value is -1.49. The van der Waals surface area contributed by atoms with Gasteiger partial charge in [0.15, 0.2) is 5.96 Å². The van der Waals surface area contributed by atoms with Gasteiger partial charge in [0.25, 0.3) is 0 Å². The quantitative estimate of drug-likeness (QED) is 0.332. The maximum Gasteiger partial charge on any atom is 0.387 e. The van der Waals surface area contributed by atoms with Crippen LogP contribution in [-0.4, -0.2) is 31.1 Å². The number of benzene rings is 1. The first kappa shape index (κ1) is 22.6. The molecule has 2 rings (SSSR count). The van der Waals surface area contributed by atoms with Gasteiger partial charge in [0.2, 0.25) is 0 Å². The summed E-state index contributed by atoms with van der Waals surface area (Å²) in [5.41, 5.74) is 0.827. The van der Waals surface area contributed by atoms with Crippen molar-refractivity contribution in [3.8, 4) is 5.75 Å². The highest BCUT2D eigenvalue weighted by molar-refractivity contribution is 14.0. The lowest BCUT2D eigenvalue weighted by atomic mass is 10.2. The molecule has 0 saturated carbocycles. The molecule has 0 saturated heterocycles. The van der Waals surface area contributed by atoms with E-state index in [4.69, 9.17) is 0 Å². The Morgan fingerprint density at radius 2 is 2.15 bits per heavy atom. The molecule has 0 aliphatic heterocycles. The van der Waals surface area contributed by atoms with Gasteiger partial charge in [-0.15, -0.1) is 35.3 Å². The molecule has 1 aromatic heterocycles. The van der Waals surface area contributed by atoms with Crippen LogP contribution in [0.1, 0.15) is 22.4 Å². The number of aromatic nitrogens is 1. The third-order valence-electron chi connectivity index (χ3n) is 3.39. The lowest BCUT2D eigenvalue weighted by Crippen LogP contribution is -2.37. The molecule has 2 N–H and O–H groups in total. The van der Waals surface area contributed by atoms with Crippen LogP contribution in [0.3, 0.4) is 0 Å². The van der Waals surface area contributed by atoms with Crippen molar-refractivity contribution >= 4 is 41.3 Å². The van der Waals surface area contributed by atoms with E-state index in [-0.39, 0.29) is 29.7 Å². The molecule has 1 heterocycles. The molecule has 1 aromatic carbocycles. The molecule has 0 unspecified atom stereocenters. The summed E-state index contributed by atoms with van der Waals surface area (Å²) in [5.74, 6) is 0.792. The molecule has 2 aromatic rings. The van der Waals surface area contributed by atoms with Gasteiger partial charge in [-0.2, -0.15) is 8.78 Å². The molecule has 5 nitrogen and oxygen atoms in total. The minimum absolute atomic E-state index is 0. The fourth-order valence-electron chi connectivity index (χ4n) is 2.15. The van der Waals surface area contributed by atoms with E-state index in [2.05, 4.69) is 32.3 Å². The summed E-state index contributed by atoms with van der Waals surface area (Å²) >= 11 is 1.72. The van der Waals surface area contributed by atoms with Crippen LogP contribution in [0.25, 0.3) is 0 Å². The van der Waals surface area contributed by atoms with Crippen LogP contribution in [0.2, 0.25) is 0 Å². The standard InChI is InChI=1S/C17H22F2N4OS.HI/c1-3-14-11-22-15(25-14)7-8-21-17(20-2)23-10-12-5-4-6-13(9-12)24-16(18)19;/h4-6,9,11,16H,3,7-8,10H2,1-2H3,(H2,20,21,23);1H. The smallest absolute Gasteiger partial charge is 0.387 e. The maximum absolute atomic E-state index is 12.3. The lowest BCUT2D eigenvalue weighted by Gasteiger charge is -2.12. The molecular formula is C17H23F2IN4OS. The largest absolute Gasteiger partial charge is 0.435 e. The number of guanidine groups is 1. The Morgan fingerprint density at radius 1 is 1.35 bits per heavy atom. The van der Waals surface area contributed by atoms with E-state index in [1.807, 2.05) is 12.3 Å². The van der Waals surface area contributed by atoms with Crippen LogP contribution in [0, 0.1) is 0 Å². The third-order valence-corrected chi connectivity index (χ3v) is 4.59. The van der Waals surface area contributed by atoms with Crippen molar-refractivity contribution in [2.45, 2.75) is 32.9 Å². The number of aryl methyl sites for hydroxylation is 1. The highest BCUT2D eigenvalue weighted by atomic mass is 127. The van der Waals surface area contributed by atoms with E-state index >= 15 is 0 Å². The van der Waals surface area contributed by atoms with Crippen LogP contribution in [-0.2, 0) is 19.4 Å². The zero-order valence-corrected chi connectivity index (χ0v) is 17.8. The average molecular weight is 496 g/mol. The van der Waals surface area contributed by atoms with Gasteiger partial charge < -0.3 is 15.4 Å². The van der Waals surface area contributed by atoms with Crippen LogP contribution >= 0.6 is 35.3 Å². The zero-order chi connectivity index (χ0) is 18.1. The van der Waals surface area contributed by atoms with Gasteiger partial charge in [0.05, 0.1) is 5.01 Å². The van der Waals surface area contributed by atoms with Gasteiger partial charge in [-0.3, -0.25) is 4.99 Å². The summed E-state index contributed by atoms with van der Waals surface area (Å²) in [4.78, 5) is 9.81. The monoisotopic (exact) mass is 496 g/mol. The number of thiazole rings is 1. The number of hydrogen-bond donors (Lipinski definition) is 2. The van der Waals surface area contributed by atoms with Gasteiger partial charge in [0.1, 0.15) is 5.75 Å². The molecule has 26 heavy (non-hydrogen) atoms. The summed E-state index contributed by atoms with van der Waals surface area (Å²) in [6.45, 7) is 0.460. The van der Waals surface area contributed by atoms with E-state index in [1.165, 1.54) is 10.9 Å². The van der Waals surface area contributed by atoms with Crippen molar-refractivity contribution in [1.82, 2.24) is 15.6 Å². The van der Waals surface area contributed by atoms with Crippen molar-refractivity contribution in [3.05, 3.63) is 45.9 Å². The number of hydrogen-bond acceptors (Lipinski definition) is 4. The second-order valence-electron chi connectivity index (χ2n) is 5.20. The third kappa shape index (κ3) is 7.81. The van der Waals surface area contributed by atoms with E-state index < -0.39 is 6.61 Å². The second-order valence-corrected chi connectivity index (χ2v) is 6.40. The SMILES string of the molecule is CCc1cnc(CCNC(=NC)NCc2cccc(OC(F)F)c2)s1.I. The van der Waals surface area contributed by atoms with E-state index in [0.717, 1.165) is 23.4 Å². The molecule has 0 fully saturated rings. The van der Waals surface area contributed by atoms with Crippen LogP contribution in [0.15, 0.2) is 35.5 Å². The normalized spacial score (nSPS) is 11.2. The number of aliphatic imine (C=N–C) groups is 1. The number of nitrogens with one attached hydrogen (secondary N) is 2. The Kier molecular flexibility index (Phi) is 10.4. The number of alkyl halides is 2. The fraction of sp³-hybridized carbons (Fsp3) is 0.412. The molecule has 0 bridgehead atoms. The van der Waals surface area contributed by atoms with Crippen molar-refractivity contribution in [1.29, 1.82) is 0 Å². The number of rotatable bonds is 8. The minimum Gasteiger partial charge on any atom is -0.435 e. The molecule has 0 radical (unpaired) electrons. The summed E-state index contributed by atoms with van der Waals surface area (Å²) < 4.78 is 28.9. The predicted octanol–water partition coefficient (Wildman–Crippen LogP) is 3.83. The Bertz CT molecular complexity index is 697. The highest BCUT2D eigenvalue weighted by Crippen LogP contribution is 2.16. The van der Waals surface area contributed by atoms with E-state index in [0.29, 0.717) is 19.0 Å². The average Bonchev–Trinajstić information content (AvgIpc) is 3.05. The van der Waals surface area contributed by atoms with Gasteiger partial charge in [0, 0.05) is 37.6 Å². The second kappa shape index (κ2) is 12.0. The zero-order valence-electron chi connectivity index (χ0n) is 14.7. The fourth-order valence-corrected chi connectivity index (χ4v) is 3.01. The first-order valence-corrected chi connectivity index (χ1v) is 8.84. The van der Waals surface area contributed by atoms with Crippen LogP contribution in [0.4, 0.5) is 8.78 Å².